The van der Waals surface area contributed by atoms with E-state index in [0.717, 1.165) is 42.3 Å². The second kappa shape index (κ2) is 9.28. The fourth-order valence-corrected chi connectivity index (χ4v) is 4.87. The predicted octanol–water partition coefficient (Wildman–Crippen LogP) is 3.82. The molecule has 1 atom stereocenters. The predicted molar refractivity (Wildman–Crippen MR) is 124 cm³/mol. The van der Waals surface area contributed by atoms with Crippen molar-refractivity contribution in [2.75, 3.05) is 18.5 Å². The number of amides is 1. The normalized spacial score (nSPS) is 23.3. The number of aromatic amines is 1. The van der Waals surface area contributed by atoms with Crippen molar-refractivity contribution < 1.29 is 14.6 Å². The topological polar surface area (TPSA) is 91.6 Å². The van der Waals surface area contributed by atoms with Gasteiger partial charge in [-0.05, 0) is 70.6 Å². The summed E-state index contributed by atoms with van der Waals surface area (Å²) in [7, 11) is 0. The number of aliphatic hydroxyl groups is 1. The molecule has 1 saturated carbocycles. The molecule has 4 N–H and O–H groups in total. The van der Waals surface area contributed by atoms with E-state index < -0.39 is 6.10 Å². The van der Waals surface area contributed by atoms with E-state index in [1.807, 2.05) is 35.4 Å². The van der Waals surface area contributed by atoms with Gasteiger partial charge in [-0.15, -0.1) is 0 Å². The van der Waals surface area contributed by atoms with E-state index in [4.69, 9.17) is 10.5 Å². The number of β-amino-alcohol motifs (C(OH)–C–C–N with tert-alkyl or cyclic N) is 1. The number of alkyl halides is 1. The number of fused-ring (bicyclic) bond motifs is 1. The van der Waals surface area contributed by atoms with E-state index in [2.05, 4.69) is 41.7 Å². The van der Waals surface area contributed by atoms with Crippen LogP contribution in [-0.2, 0) is 4.79 Å². The number of halogens is 1. The molecule has 1 unspecified atom stereocenters. The summed E-state index contributed by atoms with van der Waals surface area (Å²) in [5, 5.41) is 11.9. The third-order valence-corrected chi connectivity index (χ3v) is 7.10. The summed E-state index contributed by atoms with van der Waals surface area (Å²) >= 11 is 3.31. The van der Waals surface area contributed by atoms with Gasteiger partial charge < -0.3 is 25.5 Å². The van der Waals surface area contributed by atoms with Gasteiger partial charge in [-0.1, -0.05) is 22.0 Å². The van der Waals surface area contributed by atoms with Crippen LogP contribution in [0.1, 0.15) is 46.5 Å². The molecule has 1 aliphatic rings. The lowest BCUT2D eigenvalue weighted by molar-refractivity contribution is -0.139. The van der Waals surface area contributed by atoms with Crippen LogP contribution in [0.5, 0.6) is 5.75 Å². The smallest absolute Gasteiger partial charge is 0.233 e. The van der Waals surface area contributed by atoms with Crippen molar-refractivity contribution in [2.24, 2.45) is 11.7 Å². The van der Waals surface area contributed by atoms with Gasteiger partial charge in [0.2, 0.25) is 5.91 Å². The van der Waals surface area contributed by atoms with Crippen LogP contribution in [0.15, 0.2) is 30.5 Å². The highest BCUT2D eigenvalue weighted by Gasteiger charge is 2.41. The second-order valence-electron chi connectivity index (χ2n) is 9.38. The van der Waals surface area contributed by atoms with Crippen LogP contribution in [0.3, 0.4) is 0 Å². The Bertz CT molecular complexity index is 854. The Balaban J connectivity index is 1.66. The van der Waals surface area contributed by atoms with Crippen LogP contribution < -0.4 is 10.5 Å². The molecule has 0 saturated heterocycles. The number of carbonyl (C=O) groups is 1. The third kappa shape index (κ3) is 5.18. The molecule has 1 aromatic heterocycles. The standard InChI is InChI=1S/C23H34BrN3O3/c1-22(2,16-7-10-23(3,25)11-8-16)27(21(29)13-24)14-17(28)15-30-20-6-4-5-19-18(20)9-12-26-19/h4-6,9,12,16-17,26,28H,7-8,10-11,13-15,25H2,1-3H3. The van der Waals surface area contributed by atoms with Gasteiger partial charge in [0.05, 0.1) is 11.9 Å². The minimum absolute atomic E-state index is 0.0205. The number of nitrogens with one attached hydrogen (secondary N) is 1. The number of rotatable bonds is 8. The summed E-state index contributed by atoms with van der Waals surface area (Å²) in [6, 6.07) is 7.74. The van der Waals surface area contributed by atoms with Gasteiger partial charge >= 0.3 is 0 Å². The van der Waals surface area contributed by atoms with E-state index >= 15 is 0 Å². The zero-order valence-electron chi connectivity index (χ0n) is 18.2. The van der Waals surface area contributed by atoms with Crippen LogP contribution in [0.2, 0.25) is 0 Å². The number of carbonyl (C=O) groups excluding carboxylic acids is 1. The molecule has 166 valence electrons. The molecule has 3 rings (SSSR count). The molecule has 0 radical (unpaired) electrons. The van der Waals surface area contributed by atoms with Gasteiger partial charge in [0.15, 0.2) is 0 Å². The lowest BCUT2D eigenvalue weighted by Crippen LogP contribution is -2.57. The highest BCUT2D eigenvalue weighted by molar-refractivity contribution is 9.09. The number of hydrogen-bond donors (Lipinski definition) is 3. The van der Waals surface area contributed by atoms with Gasteiger partial charge in [0.1, 0.15) is 18.5 Å². The van der Waals surface area contributed by atoms with Crippen molar-refractivity contribution in [3.05, 3.63) is 30.5 Å². The fourth-order valence-electron chi connectivity index (χ4n) is 4.57. The van der Waals surface area contributed by atoms with E-state index in [-0.39, 0.29) is 35.5 Å². The Kier molecular flexibility index (Phi) is 7.15. The van der Waals surface area contributed by atoms with Crippen LogP contribution in [0.25, 0.3) is 10.9 Å². The number of aliphatic hydroxyl groups excluding tert-OH is 1. The zero-order chi connectivity index (χ0) is 21.9. The zero-order valence-corrected chi connectivity index (χ0v) is 19.7. The summed E-state index contributed by atoms with van der Waals surface area (Å²) in [4.78, 5) is 17.7. The summed E-state index contributed by atoms with van der Waals surface area (Å²) < 4.78 is 5.90. The van der Waals surface area contributed by atoms with Gasteiger partial charge in [0, 0.05) is 28.2 Å². The van der Waals surface area contributed by atoms with Crippen molar-refractivity contribution in [1.82, 2.24) is 9.88 Å². The van der Waals surface area contributed by atoms with Gasteiger partial charge in [0.25, 0.3) is 0 Å². The Morgan fingerprint density at radius 1 is 1.40 bits per heavy atom. The highest BCUT2D eigenvalue weighted by atomic mass is 79.9. The molecular weight excluding hydrogens is 446 g/mol. The SMILES string of the molecule is CC1(N)CCC(C(C)(C)N(CC(O)COc2cccc3[nH]ccc23)C(=O)CBr)CC1. The van der Waals surface area contributed by atoms with E-state index in [1.165, 1.54) is 0 Å². The number of H-pyrrole nitrogens is 1. The van der Waals surface area contributed by atoms with Crippen LogP contribution in [0, 0.1) is 5.92 Å². The molecule has 2 aromatic rings. The maximum absolute atomic E-state index is 12.8. The number of nitrogens with zero attached hydrogens (tertiary/aromatic N) is 1. The average molecular weight is 480 g/mol. The monoisotopic (exact) mass is 479 g/mol. The molecule has 0 spiro atoms. The fraction of sp³-hybridized carbons (Fsp3) is 0.609. The summed E-state index contributed by atoms with van der Waals surface area (Å²) in [6.45, 7) is 6.66. The van der Waals surface area contributed by atoms with Crippen molar-refractivity contribution in [3.8, 4) is 5.75 Å². The Morgan fingerprint density at radius 3 is 2.77 bits per heavy atom. The summed E-state index contributed by atoms with van der Waals surface area (Å²) in [6.07, 6.45) is 4.93. The third-order valence-electron chi connectivity index (χ3n) is 6.62. The average Bonchev–Trinajstić information content (AvgIpc) is 3.19. The van der Waals surface area contributed by atoms with Crippen LogP contribution in [-0.4, -0.2) is 56.6 Å². The molecule has 6 nitrogen and oxygen atoms in total. The largest absolute Gasteiger partial charge is 0.490 e. The Labute approximate surface area is 187 Å². The Morgan fingerprint density at radius 2 is 2.10 bits per heavy atom. The van der Waals surface area contributed by atoms with Gasteiger partial charge in [-0.3, -0.25) is 4.79 Å². The highest BCUT2D eigenvalue weighted by Crippen LogP contribution is 2.39. The quantitative estimate of drug-likeness (QED) is 0.501. The van der Waals surface area contributed by atoms with Crippen LogP contribution in [0.4, 0.5) is 0 Å². The van der Waals surface area contributed by atoms with Gasteiger partial charge in [-0.25, -0.2) is 0 Å². The van der Waals surface area contributed by atoms with Crippen LogP contribution >= 0.6 is 15.9 Å². The molecule has 7 heteroatoms. The molecule has 30 heavy (non-hydrogen) atoms. The molecule has 1 aromatic carbocycles. The van der Waals surface area contributed by atoms with Crippen molar-refractivity contribution >= 4 is 32.7 Å². The molecular formula is C23H34BrN3O3. The first kappa shape index (κ1) is 23.1. The lowest BCUT2D eigenvalue weighted by Gasteiger charge is -2.48. The van der Waals surface area contributed by atoms with E-state index in [9.17, 15) is 9.90 Å². The maximum Gasteiger partial charge on any atom is 0.233 e. The molecule has 0 bridgehead atoms. The minimum atomic E-state index is -0.787. The number of nitrogens with two attached hydrogens (primary N) is 1. The van der Waals surface area contributed by atoms with E-state index in [1.54, 1.807) is 0 Å². The molecule has 1 heterocycles. The first-order valence-corrected chi connectivity index (χ1v) is 11.8. The lowest BCUT2D eigenvalue weighted by atomic mass is 9.70. The van der Waals surface area contributed by atoms with Crippen molar-refractivity contribution in [3.63, 3.8) is 0 Å². The van der Waals surface area contributed by atoms with Crippen molar-refractivity contribution in [2.45, 2.75) is 63.6 Å². The van der Waals surface area contributed by atoms with E-state index in [0.29, 0.717) is 5.92 Å². The number of aromatic nitrogens is 1. The van der Waals surface area contributed by atoms with Crippen molar-refractivity contribution in [1.29, 1.82) is 0 Å². The maximum atomic E-state index is 12.8. The summed E-state index contributed by atoms with van der Waals surface area (Å²) in [5.74, 6) is 1.05. The van der Waals surface area contributed by atoms with Gasteiger partial charge in [-0.2, -0.15) is 0 Å². The Hall–Kier alpha value is -1.57. The molecule has 1 amide bonds. The number of hydrogen-bond acceptors (Lipinski definition) is 4. The second-order valence-corrected chi connectivity index (χ2v) is 9.94. The molecule has 1 fully saturated rings. The summed E-state index contributed by atoms with van der Waals surface area (Å²) in [5.41, 5.74) is 6.80. The first-order chi connectivity index (χ1) is 14.1. The molecule has 1 aliphatic carbocycles. The first-order valence-electron chi connectivity index (χ1n) is 10.7. The number of ether oxygens (including phenoxy) is 1. The molecule has 0 aliphatic heterocycles. The minimum Gasteiger partial charge on any atom is -0.490 e. The number of benzene rings is 1.